The quantitative estimate of drug-likeness (QED) is 0.838. The standard InChI is InChI=1S/C19H21NO3S/c21-19(20-12-4-5-13-20)18-10-8-17(9-11-18)15-24(22,23)14-16-6-2-1-3-7-16/h1-3,6-11H,4-5,12-15H2. The van der Waals surface area contributed by atoms with Crippen molar-refractivity contribution in [3.05, 3.63) is 71.3 Å². The largest absolute Gasteiger partial charge is 0.339 e. The fourth-order valence-corrected chi connectivity index (χ4v) is 4.48. The SMILES string of the molecule is O=C(c1ccc(CS(=O)(=O)Cc2ccccc2)cc1)N1CCCC1. The molecule has 0 spiro atoms. The topological polar surface area (TPSA) is 54.5 Å². The lowest BCUT2D eigenvalue weighted by Crippen LogP contribution is -2.27. The minimum atomic E-state index is -3.23. The lowest BCUT2D eigenvalue weighted by atomic mass is 10.1. The van der Waals surface area contributed by atoms with Crippen LogP contribution in [0.5, 0.6) is 0 Å². The van der Waals surface area contributed by atoms with Gasteiger partial charge in [0.15, 0.2) is 9.84 Å². The first-order valence-corrected chi connectivity index (χ1v) is 9.98. The van der Waals surface area contributed by atoms with Gasteiger partial charge in [0.05, 0.1) is 11.5 Å². The van der Waals surface area contributed by atoms with Crippen molar-refractivity contribution in [1.29, 1.82) is 0 Å². The molecule has 0 unspecified atom stereocenters. The maximum absolute atomic E-state index is 12.3. The van der Waals surface area contributed by atoms with Crippen molar-refractivity contribution < 1.29 is 13.2 Å². The van der Waals surface area contributed by atoms with Gasteiger partial charge in [-0.1, -0.05) is 42.5 Å². The Balaban J connectivity index is 1.66. The molecule has 0 aliphatic carbocycles. The van der Waals surface area contributed by atoms with E-state index in [-0.39, 0.29) is 17.4 Å². The van der Waals surface area contributed by atoms with Crippen molar-refractivity contribution in [2.45, 2.75) is 24.3 Å². The molecular formula is C19H21NO3S. The van der Waals surface area contributed by atoms with Gasteiger partial charge in [0, 0.05) is 18.7 Å². The van der Waals surface area contributed by atoms with E-state index in [1.54, 1.807) is 24.3 Å². The minimum absolute atomic E-state index is 0.0138. The number of benzene rings is 2. The zero-order valence-electron chi connectivity index (χ0n) is 13.5. The van der Waals surface area contributed by atoms with Gasteiger partial charge in [-0.15, -0.1) is 0 Å². The van der Waals surface area contributed by atoms with E-state index in [9.17, 15) is 13.2 Å². The molecule has 0 saturated carbocycles. The Hall–Kier alpha value is -2.14. The molecule has 1 saturated heterocycles. The van der Waals surface area contributed by atoms with Crippen LogP contribution >= 0.6 is 0 Å². The van der Waals surface area contributed by atoms with Crippen molar-refractivity contribution in [3.8, 4) is 0 Å². The summed E-state index contributed by atoms with van der Waals surface area (Å²) in [6.45, 7) is 1.62. The molecule has 4 nitrogen and oxygen atoms in total. The van der Waals surface area contributed by atoms with Gasteiger partial charge in [0.1, 0.15) is 0 Å². The van der Waals surface area contributed by atoms with E-state index in [2.05, 4.69) is 0 Å². The third-order valence-electron chi connectivity index (χ3n) is 4.21. The summed E-state index contributed by atoms with van der Waals surface area (Å²) in [5.41, 5.74) is 2.13. The summed E-state index contributed by atoms with van der Waals surface area (Å²) >= 11 is 0. The summed E-state index contributed by atoms with van der Waals surface area (Å²) in [4.78, 5) is 14.1. The van der Waals surface area contributed by atoms with Crippen LogP contribution in [0.4, 0.5) is 0 Å². The Kier molecular flexibility index (Phi) is 5.00. The van der Waals surface area contributed by atoms with E-state index >= 15 is 0 Å². The normalized spacial score (nSPS) is 14.8. The Morgan fingerprint density at radius 1 is 0.833 bits per heavy atom. The van der Waals surface area contributed by atoms with Crippen molar-refractivity contribution in [2.24, 2.45) is 0 Å². The summed E-state index contributed by atoms with van der Waals surface area (Å²) < 4.78 is 24.6. The predicted octanol–water partition coefficient (Wildman–Crippen LogP) is 3.04. The van der Waals surface area contributed by atoms with Crippen LogP contribution < -0.4 is 0 Å². The number of nitrogens with zero attached hydrogens (tertiary/aromatic N) is 1. The molecule has 3 rings (SSSR count). The molecule has 1 amide bonds. The first-order valence-electron chi connectivity index (χ1n) is 8.16. The van der Waals surface area contributed by atoms with Gasteiger partial charge in [-0.25, -0.2) is 8.42 Å². The van der Waals surface area contributed by atoms with E-state index in [0.29, 0.717) is 11.1 Å². The highest BCUT2D eigenvalue weighted by Gasteiger charge is 2.19. The maximum atomic E-state index is 12.3. The third-order valence-corrected chi connectivity index (χ3v) is 5.76. The van der Waals surface area contributed by atoms with Crippen LogP contribution in [-0.4, -0.2) is 32.3 Å². The zero-order valence-corrected chi connectivity index (χ0v) is 14.3. The average Bonchev–Trinajstić information content (AvgIpc) is 3.09. The Morgan fingerprint density at radius 3 is 1.96 bits per heavy atom. The van der Waals surface area contributed by atoms with Crippen LogP contribution in [0.25, 0.3) is 0 Å². The van der Waals surface area contributed by atoms with Crippen LogP contribution in [-0.2, 0) is 21.3 Å². The van der Waals surface area contributed by atoms with E-state index in [4.69, 9.17) is 0 Å². The fraction of sp³-hybridized carbons (Fsp3) is 0.316. The Bertz CT molecular complexity index is 792. The van der Waals surface area contributed by atoms with Gasteiger partial charge in [-0.3, -0.25) is 4.79 Å². The van der Waals surface area contributed by atoms with Crippen molar-refractivity contribution in [3.63, 3.8) is 0 Å². The molecule has 1 heterocycles. The van der Waals surface area contributed by atoms with Gasteiger partial charge in [-0.05, 0) is 36.1 Å². The van der Waals surface area contributed by atoms with Gasteiger partial charge in [-0.2, -0.15) is 0 Å². The number of carbonyl (C=O) groups is 1. The first kappa shape index (κ1) is 16.7. The number of hydrogen-bond acceptors (Lipinski definition) is 3. The third kappa shape index (κ3) is 4.23. The van der Waals surface area contributed by atoms with Crippen LogP contribution in [0, 0.1) is 0 Å². The molecule has 0 bridgehead atoms. The van der Waals surface area contributed by atoms with Crippen molar-refractivity contribution in [1.82, 2.24) is 4.90 Å². The van der Waals surface area contributed by atoms with E-state index in [0.717, 1.165) is 31.5 Å². The smallest absolute Gasteiger partial charge is 0.253 e. The number of hydrogen-bond donors (Lipinski definition) is 0. The lowest BCUT2D eigenvalue weighted by molar-refractivity contribution is 0.0793. The molecule has 1 fully saturated rings. The van der Waals surface area contributed by atoms with Gasteiger partial charge in [0.2, 0.25) is 0 Å². The second-order valence-corrected chi connectivity index (χ2v) is 8.28. The van der Waals surface area contributed by atoms with Crippen molar-refractivity contribution >= 4 is 15.7 Å². The van der Waals surface area contributed by atoms with Gasteiger partial charge in [0.25, 0.3) is 5.91 Å². The summed E-state index contributed by atoms with van der Waals surface area (Å²) in [6, 6.07) is 16.1. The molecular weight excluding hydrogens is 322 g/mol. The van der Waals surface area contributed by atoms with Crippen LogP contribution in [0.1, 0.15) is 34.3 Å². The number of amides is 1. The number of carbonyl (C=O) groups excluding carboxylic acids is 1. The Labute approximate surface area is 143 Å². The number of likely N-dealkylation sites (tertiary alicyclic amines) is 1. The molecule has 0 atom stereocenters. The number of rotatable bonds is 5. The Morgan fingerprint density at radius 2 is 1.38 bits per heavy atom. The van der Waals surface area contributed by atoms with Gasteiger partial charge < -0.3 is 4.90 Å². The minimum Gasteiger partial charge on any atom is -0.339 e. The second-order valence-electron chi connectivity index (χ2n) is 6.21. The van der Waals surface area contributed by atoms with Crippen LogP contribution in [0.3, 0.4) is 0 Å². The molecule has 1 aliphatic rings. The predicted molar refractivity (Wildman–Crippen MR) is 94.3 cm³/mol. The fourth-order valence-electron chi connectivity index (χ4n) is 2.98. The van der Waals surface area contributed by atoms with E-state index < -0.39 is 9.84 Å². The van der Waals surface area contributed by atoms with Gasteiger partial charge >= 0.3 is 0 Å². The molecule has 2 aromatic carbocycles. The molecule has 1 aliphatic heterocycles. The second kappa shape index (κ2) is 7.18. The highest BCUT2D eigenvalue weighted by Crippen LogP contribution is 2.16. The van der Waals surface area contributed by atoms with Crippen LogP contribution in [0.2, 0.25) is 0 Å². The van der Waals surface area contributed by atoms with Crippen molar-refractivity contribution in [2.75, 3.05) is 13.1 Å². The lowest BCUT2D eigenvalue weighted by Gasteiger charge is -2.15. The summed E-state index contributed by atoms with van der Waals surface area (Å²) in [6.07, 6.45) is 2.11. The molecule has 5 heteroatoms. The molecule has 0 aromatic heterocycles. The van der Waals surface area contributed by atoms with Crippen LogP contribution in [0.15, 0.2) is 54.6 Å². The summed E-state index contributed by atoms with van der Waals surface area (Å²) in [7, 11) is -3.23. The zero-order chi connectivity index (χ0) is 17.0. The molecule has 0 N–H and O–H groups in total. The highest BCUT2D eigenvalue weighted by atomic mass is 32.2. The highest BCUT2D eigenvalue weighted by molar-refractivity contribution is 7.89. The summed E-state index contributed by atoms with van der Waals surface area (Å²) in [5.74, 6) is 0.0498. The van der Waals surface area contributed by atoms with E-state index in [1.807, 2.05) is 35.2 Å². The average molecular weight is 343 g/mol. The first-order chi connectivity index (χ1) is 11.5. The summed E-state index contributed by atoms with van der Waals surface area (Å²) in [5, 5.41) is 0. The molecule has 24 heavy (non-hydrogen) atoms. The maximum Gasteiger partial charge on any atom is 0.253 e. The van der Waals surface area contributed by atoms with E-state index in [1.165, 1.54) is 0 Å². The molecule has 126 valence electrons. The monoisotopic (exact) mass is 343 g/mol. The molecule has 2 aromatic rings. The molecule has 0 radical (unpaired) electrons. The number of sulfone groups is 1.